The highest BCUT2D eigenvalue weighted by atomic mass is 14.6. The third kappa shape index (κ3) is 6.76. The minimum absolute atomic E-state index is 0.177. The lowest BCUT2D eigenvalue weighted by Gasteiger charge is -2.29. The number of pyridine rings is 1. The molecule has 0 radical (unpaired) electrons. The minimum Gasteiger partial charge on any atom is -0.264 e. The van der Waals surface area contributed by atoms with Gasteiger partial charge >= 0.3 is 0 Å². The van der Waals surface area contributed by atoms with Gasteiger partial charge in [0.1, 0.15) is 0 Å². The number of hydrogen-bond acceptors (Lipinski definition) is 1. The van der Waals surface area contributed by atoms with E-state index in [2.05, 4.69) is 118 Å². The van der Waals surface area contributed by atoms with E-state index in [1.165, 1.54) is 22.3 Å². The van der Waals surface area contributed by atoms with E-state index in [9.17, 15) is 0 Å². The SMILES string of the molecule is CC(C)(C)c1ccccc1C(C)(C)C.CC(C)(C)c1ccncc1C(C)(C)C. The van der Waals surface area contributed by atoms with Gasteiger partial charge in [-0.3, -0.25) is 4.98 Å². The first kappa shape index (κ1) is 24.4. The Labute approximate surface area is 175 Å². The molecule has 0 saturated heterocycles. The van der Waals surface area contributed by atoms with Gasteiger partial charge in [0.2, 0.25) is 0 Å². The average Bonchev–Trinajstić information content (AvgIpc) is 2.52. The molecule has 1 nitrogen and oxygen atoms in total. The van der Waals surface area contributed by atoms with E-state index >= 15 is 0 Å². The zero-order chi connectivity index (χ0) is 22.0. The summed E-state index contributed by atoms with van der Waals surface area (Å²) >= 11 is 0. The van der Waals surface area contributed by atoms with E-state index < -0.39 is 0 Å². The predicted molar refractivity (Wildman–Crippen MR) is 125 cm³/mol. The zero-order valence-corrected chi connectivity index (χ0v) is 20.5. The van der Waals surface area contributed by atoms with Crippen molar-refractivity contribution in [2.75, 3.05) is 0 Å². The molecule has 0 saturated carbocycles. The maximum atomic E-state index is 4.23. The third-order valence-electron chi connectivity index (χ3n) is 4.98. The highest BCUT2D eigenvalue weighted by molar-refractivity contribution is 5.37. The number of nitrogens with zero attached hydrogens (tertiary/aromatic N) is 1. The Balaban J connectivity index is 0.000000280. The molecule has 0 N–H and O–H groups in total. The molecule has 0 spiro atoms. The van der Waals surface area contributed by atoms with Crippen LogP contribution in [0.3, 0.4) is 0 Å². The topological polar surface area (TPSA) is 12.9 Å². The number of aromatic nitrogens is 1. The van der Waals surface area contributed by atoms with Crippen molar-refractivity contribution in [3.63, 3.8) is 0 Å². The Kier molecular flexibility index (Phi) is 7.32. The summed E-state index contributed by atoms with van der Waals surface area (Å²) in [4.78, 5) is 4.23. The van der Waals surface area contributed by atoms with Crippen LogP contribution in [0.2, 0.25) is 0 Å². The molecule has 2 rings (SSSR count). The van der Waals surface area contributed by atoms with E-state index in [1.54, 1.807) is 0 Å². The quantitative estimate of drug-likeness (QED) is 0.451. The number of benzene rings is 1. The Morgan fingerprint density at radius 3 is 1.07 bits per heavy atom. The van der Waals surface area contributed by atoms with Gasteiger partial charge < -0.3 is 0 Å². The summed E-state index contributed by atoms with van der Waals surface area (Å²) in [5, 5.41) is 0. The first-order valence-electron chi connectivity index (χ1n) is 10.5. The molecule has 156 valence electrons. The Morgan fingerprint density at radius 2 is 0.786 bits per heavy atom. The van der Waals surface area contributed by atoms with Crippen LogP contribution >= 0.6 is 0 Å². The van der Waals surface area contributed by atoms with Crippen LogP contribution in [-0.2, 0) is 21.7 Å². The molecule has 1 heteroatoms. The second kappa shape index (κ2) is 8.39. The molecule has 0 unspecified atom stereocenters. The van der Waals surface area contributed by atoms with E-state index in [-0.39, 0.29) is 21.7 Å². The fourth-order valence-corrected chi connectivity index (χ4v) is 3.44. The smallest absolute Gasteiger partial charge is 0.0308 e. The number of rotatable bonds is 0. The van der Waals surface area contributed by atoms with E-state index in [0.29, 0.717) is 0 Å². The molecule has 1 aromatic heterocycles. The molecule has 0 aliphatic rings. The van der Waals surface area contributed by atoms with Gasteiger partial charge in [0, 0.05) is 12.4 Å². The summed E-state index contributed by atoms with van der Waals surface area (Å²) in [5.74, 6) is 0. The van der Waals surface area contributed by atoms with E-state index in [0.717, 1.165) is 0 Å². The van der Waals surface area contributed by atoms with Crippen LogP contribution in [0.5, 0.6) is 0 Å². The average molecular weight is 382 g/mol. The van der Waals surface area contributed by atoms with Gasteiger partial charge in [-0.2, -0.15) is 0 Å². The predicted octanol–water partition coefficient (Wildman–Crippen LogP) is 7.96. The normalized spacial score (nSPS) is 13.0. The van der Waals surface area contributed by atoms with Crippen LogP contribution in [0, 0.1) is 0 Å². The molecule has 0 atom stereocenters. The van der Waals surface area contributed by atoms with Gasteiger partial charge in [0.05, 0.1) is 0 Å². The molecule has 0 bridgehead atoms. The lowest BCUT2D eigenvalue weighted by molar-refractivity contribution is 0.527. The van der Waals surface area contributed by atoms with Crippen LogP contribution in [0.15, 0.2) is 42.7 Å². The summed E-state index contributed by atoms with van der Waals surface area (Å²) < 4.78 is 0. The standard InChI is InChI=1S/C14H22.C13H21N/c1-13(2,3)11-9-7-8-10-12(11)14(4,5)6;1-12(2,3)10-7-8-14-9-11(10)13(4,5)6/h7-10H,1-6H3;7-9H,1-6H3. The summed E-state index contributed by atoms with van der Waals surface area (Å²) in [6, 6.07) is 10.9. The lowest BCUT2D eigenvalue weighted by Crippen LogP contribution is -2.22. The molecule has 0 aliphatic heterocycles. The maximum absolute atomic E-state index is 4.23. The Morgan fingerprint density at radius 1 is 0.464 bits per heavy atom. The van der Waals surface area contributed by atoms with E-state index in [4.69, 9.17) is 0 Å². The molecule has 1 heterocycles. The largest absolute Gasteiger partial charge is 0.264 e. The maximum Gasteiger partial charge on any atom is 0.0308 e. The molecule has 28 heavy (non-hydrogen) atoms. The van der Waals surface area contributed by atoms with Crippen LogP contribution in [0.4, 0.5) is 0 Å². The van der Waals surface area contributed by atoms with Gasteiger partial charge in [-0.1, -0.05) is 107 Å². The first-order valence-corrected chi connectivity index (χ1v) is 10.5. The fourth-order valence-electron chi connectivity index (χ4n) is 3.44. The molecule has 0 aliphatic carbocycles. The van der Waals surface area contributed by atoms with Gasteiger partial charge in [0.15, 0.2) is 0 Å². The summed E-state index contributed by atoms with van der Waals surface area (Å²) in [6.45, 7) is 27.1. The molecular formula is C27H43N. The highest BCUT2D eigenvalue weighted by Crippen LogP contribution is 2.34. The second-order valence-corrected chi connectivity index (χ2v) is 12.0. The minimum atomic E-state index is 0.177. The van der Waals surface area contributed by atoms with Crippen molar-refractivity contribution in [3.8, 4) is 0 Å². The summed E-state index contributed by atoms with van der Waals surface area (Å²) in [7, 11) is 0. The molecule has 0 fully saturated rings. The Hall–Kier alpha value is -1.63. The third-order valence-corrected chi connectivity index (χ3v) is 4.98. The van der Waals surface area contributed by atoms with Gasteiger partial charge in [-0.15, -0.1) is 0 Å². The van der Waals surface area contributed by atoms with Gasteiger partial charge in [0.25, 0.3) is 0 Å². The summed E-state index contributed by atoms with van der Waals surface area (Å²) in [5.41, 5.74) is 6.54. The second-order valence-electron chi connectivity index (χ2n) is 12.0. The van der Waals surface area contributed by atoms with Crippen molar-refractivity contribution < 1.29 is 0 Å². The lowest BCUT2D eigenvalue weighted by atomic mass is 9.75. The van der Waals surface area contributed by atoms with Crippen molar-refractivity contribution in [1.82, 2.24) is 4.98 Å². The molecule has 1 aromatic carbocycles. The fraction of sp³-hybridized carbons (Fsp3) is 0.593. The number of hydrogen-bond donors (Lipinski definition) is 0. The van der Waals surface area contributed by atoms with Crippen LogP contribution < -0.4 is 0 Å². The van der Waals surface area contributed by atoms with Crippen LogP contribution in [0.1, 0.15) is 105 Å². The van der Waals surface area contributed by atoms with Crippen molar-refractivity contribution >= 4 is 0 Å². The van der Waals surface area contributed by atoms with Crippen LogP contribution in [-0.4, -0.2) is 4.98 Å². The van der Waals surface area contributed by atoms with Crippen molar-refractivity contribution in [1.29, 1.82) is 0 Å². The highest BCUT2D eigenvalue weighted by Gasteiger charge is 2.25. The molecule has 2 aromatic rings. The first-order chi connectivity index (χ1) is 12.5. The van der Waals surface area contributed by atoms with Gasteiger partial charge in [-0.05, 0) is 50.0 Å². The van der Waals surface area contributed by atoms with Crippen LogP contribution in [0.25, 0.3) is 0 Å². The van der Waals surface area contributed by atoms with Crippen molar-refractivity contribution in [2.45, 2.75) is 105 Å². The van der Waals surface area contributed by atoms with E-state index in [1.807, 2.05) is 12.4 Å². The molecule has 0 amide bonds. The molecular weight excluding hydrogens is 338 g/mol. The van der Waals surface area contributed by atoms with Crippen molar-refractivity contribution in [3.05, 3.63) is 65.0 Å². The Bertz CT molecular complexity index is 623. The van der Waals surface area contributed by atoms with Crippen molar-refractivity contribution in [2.24, 2.45) is 0 Å². The zero-order valence-electron chi connectivity index (χ0n) is 20.5. The summed E-state index contributed by atoms with van der Waals surface area (Å²) in [6.07, 6.45) is 3.89. The van der Waals surface area contributed by atoms with Gasteiger partial charge in [-0.25, -0.2) is 0 Å². The monoisotopic (exact) mass is 381 g/mol.